The van der Waals surface area contributed by atoms with Crippen LogP contribution in [0.3, 0.4) is 0 Å². The number of rotatable bonds is 5. The number of hydrogen-bond donors (Lipinski definition) is 0. The van der Waals surface area contributed by atoms with E-state index in [0.29, 0.717) is 17.1 Å². The van der Waals surface area contributed by atoms with Crippen molar-refractivity contribution in [2.24, 2.45) is 4.99 Å². The smallest absolute Gasteiger partial charge is 0.363 e. The molecule has 1 aliphatic heterocycles. The molecule has 0 radical (unpaired) electrons. The van der Waals surface area contributed by atoms with Gasteiger partial charge in [0.15, 0.2) is 18.1 Å². The summed E-state index contributed by atoms with van der Waals surface area (Å²) in [5, 5.41) is 0. The summed E-state index contributed by atoms with van der Waals surface area (Å²) in [7, 11) is 1.28. The van der Waals surface area contributed by atoms with Gasteiger partial charge in [0.2, 0.25) is 0 Å². The number of esters is 2. The maximum absolute atomic E-state index is 11.9. The summed E-state index contributed by atoms with van der Waals surface area (Å²) in [6.07, 6.45) is 3.03. The molecule has 0 saturated heterocycles. The predicted octanol–water partition coefficient (Wildman–Crippen LogP) is 2.18. The van der Waals surface area contributed by atoms with Gasteiger partial charge in [-0.3, -0.25) is 0 Å². The van der Waals surface area contributed by atoms with Gasteiger partial charge in [-0.15, -0.1) is 0 Å². The van der Waals surface area contributed by atoms with E-state index in [2.05, 4.69) is 9.73 Å². The van der Waals surface area contributed by atoms with Gasteiger partial charge in [0.1, 0.15) is 5.75 Å². The maximum Gasteiger partial charge on any atom is 0.363 e. The lowest BCUT2D eigenvalue weighted by atomic mass is 10.2. The summed E-state index contributed by atoms with van der Waals surface area (Å²) in [5.74, 6) is -0.0827. The SMILES string of the molecule is COC(=O)COc1cccc(/C=C2\N=C(c3ccco3)OC2=O)c1. The Morgan fingerprint density at radius 1 is 1.29 bits per heavy atom. The van der Waals surface area contributed by atoms with Gasteiger partial charge in [0, 0.05) is 0 Å². The van der Waals surface area contributed by atoms with E-state index in [4.69, 9.17) is 13.9 Å². The number of hydrogen-bond acceptors (Lipinski definition) is 7. The van der Waals surface area contributed by atoms with Crippen LogP contribution in [0.25, 0.3) is 6.08 Å². The van der Waals surface area contributed by atoms with Crippen LogP contribution in [-0.2, 0) is 19.1 Å². The zero-order valence-electron chi connectivity index (χ0n) is 12.7. The molecule has 122 valence electrons. The molecule has 0 saturated carbocycles. The molecule has 2 aromatic rings. The number of methoxy groups -OCH3 is 1. The molecular formula is C17H13NO6. The van der Waals surface area contributed by atoms with Crippen LogP contribution in [0.15, 0.2) is 57.8 Å². The third-order valence-corrected chi connectivity index (χ3v) is 3.10. The van der Waals surface area contributed by atoms with E-state index in [9.17, 15) is 9.59 Å². The number of furan rings is 1. The van der Waals surface area contributed by atoms with E-state index in [1.807, 2.05) is 0 Å². The number of ether oxygens (including phenoxy) is 3. The van der Waals surface area contributed by atoms with Crippen molar-refractivity contribution in [3.8, 4) is 5.75 Å². The lowest BCUT2D eigenvalue weighted by Crippen LogP contribution is -2.12. The minimum absolute atomic E-state index is 0.120. The summed E-state index contributed by atoms with van der Waals surface area (Å²) < 4.78 is 20.0. The van der Waals surface area contributed by atoms with Crippen molar-refractivity contribution in [3.63, 3.8) is 0 Å². The largest absolute Gasteiger partial charge is 0.482 e. The van der Waals surface area contributed by atoms with Gasteiger partial charge in [-0.1, -0.05) is 12.1 Å². The summed E-state index contributed by atoms with van der Waals surface area (Å²) >= 11 is 0. The Bertz CT molecular complexity index is 819. The van der Waals surface area contributed by atoms with Crippen LogP contribution in [0, 0.1) is 0 Å². The van der Waals surface area contributed by atoms with Crippen LogP contribution in [0.5, 0.6) is 5.75 Å². The Hall–Kier alpha value is -3.35. The van der Waals surface area contributed by atoms with Gasteiger partial charge in [-0.2, -0.15) is 0 Å². The van der Waals surface area contributed by atoms with Crippen LogP contribution in [-0.4, -0.2) is 31.6 Å². The average molecular weight is 327 g/mol. The molecule has 2 heterocycles. The number of carbonyl (C=O) groups is 2. The molecule has 24 heavy (non-hydrogen) atoms. The predicted molar refractivity (Wildman–Crippen MR) is 83.3 cm³/mol. The molecule has 1 aromatic carbocycles. The zero-order valence-corrected chi connectivity index (χ0v) is 12.7. The number of nitrogens with zero attached hydrogens (tertiary/aromatic N) is 1. The van der Waals surface area contributed by atoms with Crippen LogP contribution < -0.4 is 4.74 Å². The summed E-state index contributed by atoms with van der Waals surface area (Å²) in [5.41, 5.74) is 0.820. The second-order valence-electron chi connectivity index (χ2n) is 4.75. The summed E-state index contributed by atoms with van der Waals surface area (Å²) in [6, 6.07) is 10.2. The fourth-order valence-corrected chi connectivity index (χ4v) is 1.97. The first-order valence-corrected chi connectivity index (χ1v) is 7.02. The van der Waals surface area contributed by atoms with E-state index in [0.717, 1.165) is 0 Å². The molecule has 0 N–H and O–H groups in total. The Morgan fingerprint density at radius 2 is 2.17 bits per heavy atom. The van der Waals surface area contributed by atoms with Gasteiger partial charge in [-0.25, -0.2) is 14.6 Å². The van der Waals surface area contributed by atoms with E-state index in [1.165, 1.54) is 13.4 Å². The molecule has 0 spiro atoms. The van der Waals surface area contributed by atoms with Crippen molar-refractivity contribution in [2.75, 3.05) is 13.7 Å². The molecule has 0 bridgehead atoms. The van der Waals surface area contributed by atoms with Gasteiger partial charge in [0.05, 0.1) is 13.4 Å². The van der Waals surface area contributed by atoms with E-state index >= 15 is 0 Å². The van der Waals surface area contributed by atoms with Crippen LogP contribution in [0.4, 0.5) is 0 Å². The fraction of sp³-hybridized carbons (Fsp3) is 0.118. The first-order chi connectivity index (χ1) is 11.7. The Morgan fingerprint density at radius 3 is 2.92 bits per heavy atom. The van der Waals surface area contributed by atoms with Crippen LogP contribution in [0.2, 0.25) is 0 Å². The molecule has 7 heteroatoms. The number of aliphatic imine (C=N–C) groups is 1. The zero-order chi connectivity index (χ0) is 16.9. The molecule has 3 rings (SSSR count). The van der Waals surface area contributed by atoms with E-state index < -0.39 is 11.9 Å². The maximum atomic E-state index is 11.9. The van der Waals surface area contributed by atoms with Crippen molar-refractivity contribution in [2.45, 2.75) is 0 Å². The van der Waals surface area contributed by atoms with Crippen LogP contribution in [0.1, 0.15) is 11.3 Å². The molecule has 0 aliphatic carbocycles. The van der Waals surface area contributed by atoms with Gasteiger partial charge in [-0.05, 0) is 35.9 Å². The molecule has 0 unspecified atom stereocenters. The quantitative estimate of drug-likeness (QED) is 0.618. The summed E-state index contributed by atoms with van der Waals surface area (Å²) in [4.78, 5) is 27.1. The van der Waals surface area contributed by atoms with Crippen molar-refractivity contribution < 1.29 is 28.2 Å². The molecular weight excluding hydrogens is 314 g/mol. The third kappa shape index (κ3) is 3.52. The minimum Gasteiger partial charge on any atom is -0.482 e. The molecule has 1 aliphatic rings. The van der Waals surface area contributed by atoms with Gasteiger partial charge >= 0.3 is 11.9 Å². The number of carbonyl (C=O) groups excluding carboxylic acids is 2. The van der Waals surface area contributed by atoms with Crippen LogP contribution >= 0.6 is 0 Å². The van der Waals surface area contributed by atoms with Crippen molar-refractivity contribution >= 4 is 23.9 Å². The van der Waals surface area contributed by atoms with Crippen molar-refractivity contribution in [1.29, 1.82) is 0 Å². The molecule has 1 aromatic heterocycles. The number of benzene rings is 1. The Kier molecular flexibility index (Phi) is 4.42. The first-order valence-electron chi connectivity index (χ1n) is 7.02. The van der Waals surface area contributed by atoms with E-state index in [1.54, 1.807) is 42.5 Å². The molecule has 0 atom stereocenters. The standard InChI is InChI=1S/C17H13NO6/c1-21-15(19)10-23-12-5-2-4-11(8-12)9-13-17(20)24-16(18-13)14-6-3-7-22-14/h2-9H,10H2,1H3/b13-9-. The molecule has 0 amide bonds. The average Bonchev–Trinajstić information content (AvgIpc) is 3.23. The monoisotopic (exact) mass is 327 g/mol. The lowest BCUT2D eigenvalue weighted by molar-refractivity contribution is -0.142. The van der Waals surface area contributed by atoms with Crippen molar-refractivity contribution in [1.82, 2.24) is 0 Å². The Labute approximate surface area is 137 Å². The molecule has 0 fully saturated rings. The van der Waals surface area contributed by atoms with Crippen molar-refractivity contribution in [3.05, 3.63) is 59.7 Å². The minimum atomic E-state index is -0.567. The van der Waals surface area contributed by atoms with Gasteiger partial charge < -0.3 is 18.6 Å². The second-order valence-corrected chi connectivity index (χ2v) is 4.75. The van der Waals surface area contributed by atoms with Gasteiger partial charge in [0.25, 0.3) is 5.90 Å². The normalized spacial score (nSPS) is 15.1. The second kappa shape index (κ2) is 6.82. The summed E-state index contributed by atoms with van der Waals surface area (Å²) in [6.45, 7) is -0.195. The highest BCUT2D eigenvalue weighted by atomic mass is 16.6. The first kappa shape index (κ1) is 15.5. The lowest BCUT2D eigenvalue weighted by Gasteiger charge is -2.05. The third-order valence-electron chi connectivity index (χ3n) is 3.10. The Balaban J connectivity index is 1.78. The highest BCUT2D eigenvalue weighted by Crippen LogP contribution is 2.21. The topological polar surface area (TPSA) is 87.3 Å². The fourth-order valence-electron chi connectivity index (χ4n) is 1.97. The molecule has 7 nitrogen and oxygen atoms in total. The van der Waals surface area contributed by atoms with E-state index in [-0.39, 0.29) is 18.2 Å². The highest BCUT2D eigenvalue weighted by Gasteiger charge is 2.25. The number of cyclic esters (lactones) is 1. The highest BCUT2D eigenvalue weighted by molar-refractivity contribution is 6.11.